The monoisotopic (exact) mass is 315 g/mol. The topological polar surface area (TPSA) is 40.5 Å². The molecule has 2 aromatic rings. The first-order valence-electron chi connectivity index (χ1n) is 7.72. The summed E-state index contributed by atoms with van der Waals surface area (Å²) in [6.45, 7) is 3.21. The standard InChI is InChI=1S/C18H21NO2S/c1-13(11-15-6-4-10-22-15)18(21)19-9-8-17(20)16-7-3-2-5-14(16)12-19/h2-7,10,13,17,20H,8-9,11-12H2,1H3/t13-,17-/m0/s1. The summed E-state index contributed by atoms with van der Waals surface area (Å²) in [4.78, 5) is 15.9. The van der Waals surface area contributed by atoms with Crippen molar-refractivity contribution in [1.29, 1.82) is 0 Å². The fourth-order valence-corrected chi connectivity index (χ4v) is 3.87. The maximum Gasteiger partial charge on any atom is 0.226 e. The molecule has 1 aliphatic rings. The molecule has 1 aromatic carbocycles. The van der Waals surface area contributed by atoms with Gasteiger partial charge in [-0.2, -0.15) is 0 Å². The van der Waals surface area contributed by atoms with Crippen LogP contribution in [0.5, 0.6) is 0 Å². The van der Waals surface area contributed by atoms with Crippen molar-refractivity contribution in [2.45, 2.75) is 32.4 Å². The average molecular weight is 315 g/mol. The zero-order valence-corrected chi connectivity index (χ0v) is 13.6. The van der Waals surface area contributed by atoms with Gasteiger partial charge in [0, 0.05) is 23.9 Å². The Balaban J connectivity index is 1.73. The number of rotatable bonds is 3. The molecular weight excluding hydrogens is 294 g/mol. The quantitative estimate of drug-likeness (QED) is 0.943. The number of carbonyl (C=O) groups excluding carboxylic acids is 1. The molecule has 0 radical (unpaired) electrons. The molecule has 4 heteroatoms. The molecule has 3 nitrogen and oxygen atoms in total. The van der Waals surface area contributed by atoms with Crippen LogP contribution >= 0.6 is 11.3 Å². The molecule has 2 atom stereocenters. The normalized spacial score (nSPS) is 19.4. The van der Waals surface area contributed by atoms with Crippen molar-refractivity contribution >= 4 is 17.2 Å². The fraction of sp³-hybridized carbons (Fsp3) is 0.389. The third-order valence-corrected chi connectivity index (χ3v) is 5.17. The Hall–Kier alpha value is -1.65. The van der Waals surface area contributed by atoms with Crippen molar-refractivity contribution in [3.63, 3.8) is 0 Å². The van der Waals surface area contributed by atoms with Crippen LogP contribution in [0.25, 0.3) is 0 Å². The van der Waals surface area contributed by atoms with Crippen molar-refractivity contribution in [2.24, 2.45) is 5.92 Å². The molecule has 0 spiro atoms. The van der Waals surface area contributed by atoms with Gasteiger partial charge in [-0.1, -0.05) is 37.3 Å². The van der Waals surface area contributed by atoms with E-state index in [2.05, 4.69) is 6.07 Å². The molecule has 1 aromatic heterocycles. The van der Waals surface area contributed by atoms with E-state index in [0.717, 1.165) is 17.5 Å². The lowest BCUT2D eigenvalue weighted by Gasteiger charge is -2.24. The largest absolute Gasteiger partial charge is 0.388 e. The van der Waals surface area contributed by atoms with Gasteiger partial charge in [-0.15, -0.1) is 11.3 Å². The van der Waals surface area contributed by atoms with Crippen LogP contribution in [0.3, 0.4) is 0 Å². The molecule has 3 rings (SSSR count). The summed E-state index contributed by atoms with van der Waals surface area (Å²) in [5.74, 6) is 0.151. The number of nitrogens with zero attached hydrogens (tertiary/aromatic N) is 1. The van der Waals surface area contributed by atoms with Gasteiger partial charge in [0.25, 0.3) is 0 Å². The average Bonchev–Trinajstić information content (AvgIpc) is 2.97. The highest BCUT2D eigenvalue weighted by Crippen LogP contribution is 2.27. The van der Waals surface area contributed by atoms with E-state index in [1.165, 1.54) is 4.88 Å². The van der Waals surface area contributed by atoms with E-state index in [1.807, 2.05) is 47.5 Å². The molecule has 116 valence electrons. The van der Waals surface area contributed by atoms with Crippen LogP contribution in [-0.2, 0) is 17.8 Å². The first-order valence-corrected chi connectivity index (χ1v) is 8.60. The molecule has 1 amide bonds. The Morgan fingerprint density at radius 2 is 2.18 bits per heavy atom. The van der Waals surface area contributed by atoms with Crippen molar-refractivity contribution in [1.82, 2.24) is 4.90 Å². The first kappa shape index (κ1) is 15.3. The van der Waals surface area contributed by atoms with E-state index in [4.69, 9.17) is 0 Å². The SMILES string of the molecule is C[C@@H](Cc1cccs1)C(=O)N1CC[C@H](O)c2ccccc2C1. The van der Waals surface area contributed by atoms with E-state index in [1.54, 1.807) is 11.3 Å². The van der Waals surface area contributed by atoms with E-state index in [-0.39, 0.29) is 11.8 Å². The Morgan fingerprint density at radius 3 is 2.95 bits per heavy atom. The predicted molar refractivity (Wildman–Crippen MR) is 88.6 cm³/mol. The van der Waals surface area contributed by atoms with Gasteiger partial charge in [-0.25, -0.2) is 0 Å². The zero-order valence-electron chi connectivity index (χ0n) is 12.7. The lowest BCUT2D eigenvalue weighted by Crippen LogP contribution is -2.35. The van der Waals surface area contributed by atoms with E-state index in [0.29, 0.717) is 19.5 Å². The van der Waals surface area contributed by atoms with Gasteiger partial charge in [0.05, 0.1) is 6.10 Å². The molecule has 1 N–H and O–H groups in total. The number of benzene rings is 1. The highest BCUT2D eigenvalue weighted by atomic mass is 32.1. The number of fused-ring (bicyclic) bond motifs is 1. The van der Waals surface area contributed by atoms with Gasteiger partial charge in [-0.3, -0.25) is 4.79 Å². The molecule has 0 saturated carbocycles. The number of carbonyl (C=O) groups is 1. The van der Waals surface area contributed by atoms with Crippen LogP contribution in [0.15, 0.2) is 41.8 Å². The number of aliphatic hydroxyl groups is 1. The number of hydrogen-bond acceptors (Lipinski definition) is 3. The second-order valence-corrected chi connectivity index (χ2v) is 6.98. The van der Waals surface area contributed by atoms with Gasteiger partial charge >= 0.3 is 0 Å². The first-order chi connectivity index (χ1) is 10.6. The predicted octanol–water partition coefficient (Wildman–Crippen LogP) is 3.39. The van der Waals surface area contributed by atoms with Gasteiger partial charge < -0.3 is 10.0 Å². The third kappa shape index (κ3) is 3.23. The van der Waals surface area contributed by atoms with Gasteiger partial charge in [0.15, 0.2) is 0 Å². The molecule has 2 heterocycles. The van der Waals surface area contributed by atoms with Gasteiger partial charge in [-0.05, 0) is 35.4 Å². The van der Waals surface area contributed by atoms with Crippen molar-refractivity contribution in [3.8, 4) is 0 Å². The summed E-state index contributed by atoms with van der Waals surface area (Å²) >= 11 is 1.70. The van der Waals surface area contributed by atoms with Crippen molar-refractivity contribution in [3.05, 3.63) is 57.8 Å². The number of hydrogen-bond donors (Lipinski definition) is 1. The Labute approximate surface area is 135 Å². The van der Waals surface area contributed by atoms with E-state index >= 15 is 0 Å². The van der Waals surface area contributed by atoms with Crippen LogP contribution in [0, 0.1) is 5.92 Å². The van der Waals surface area contributed by atoms with Crippen molar-refractivity contribution in [2.75, 3.05) is 6.54 Å². The fourth-order valence-electron chi connectivity index (χ4n) is 3.04. The smallest absolute Gasteiger partial charge is 0.226 e. The second kappa shape index (κ2) is 6.63. The summed E-state index contributed by atoms with van der Waals surface area (Å²) < 4.78 is 0. The zero-order chi connectivity index (χ0) is 15.5. The minimum Gasteiger partial charge on any atom is -0.388 e. The van der Waals surface area contributed by atoms with Crippen LogP contribution in [-0.4, -0.2) is 22.5 Å². The summed E-state index contributed by atoms with van der Waals surface area (Å²) in [6.07, 6.45) is 0.924. The summed E-state index contributed by atoms with van der Waals surface area (Å²) in [7, 11) is 0. The van der Waals surface area contributed by atoms with Gasteiger partial charge in [0.1, 0.15) is 0 Å². The number of thiophene rings is 1. The maximum atomic E-state index is 12.7. The third-order valence-electron chi connectivity index (χ3n) is 4.27. The second-order valence-electron chi connectivity index (χ2n) is 5.95. The van der Waals surface area contributed by atoms with Crippen LogP contribution in [0.1, 0.15) is 35.5 Å². The highest BCUT2D eigenvalue weighted by molar-refractivity contribution is 7.09. The summed E-state index contributed by atoms with van der Waals surface area (Å²) in [5.41, 5.74) is 2.02. The minimum atomic E-state index is -0.471. The number of aliphatic hydroxyl groups excluding tert-OH is 1. The molecule has 0 fully saturated rings. The Morgan fingerprint density at radius 1 is 1.36 bits per heavy atom. The van der Waals surface area contributed by atoms with Crippen LogP contribution in [0.4, 0.5) is 0 Å². The Bertz CT molecular complexity index is 638. The number of amides is 1. The molecule has 0 bridgehead atoms. The minimum absolute atomic E-state index is 0.0268. The highest BCUT2D eigenvalue weighted by Gasteiger charge is 2.26. The lowest BCUT2D eigenvalue weighted by atomic mass is 10.0. The maximum absolute atomic E-state index is 12.7. The molecular formula is C18H21NO2S. The molecule has 0 aliphatic carbocycles. The van der Waals surface area contributed by atoms with E-state index in [9.17, 15) is 9.90 Å². The Kier molecular flexibility index (Phi) is 4.60. The molecule has 1 aliphatic heterocycles. The summed E-state index contributed by atoms with van der Waals surface area (Å²) in [6, 6.07) is 12.0. The molecule has 0 saturated heterocycles. The summed E-state index contributed by atoms with van der Waals surface area (Å²) in [5, 5.41) is 12.3. The van der Waals surface area contributed by atoms with E-state index < -0.39 is 6.10 Å². The molecule has 0 unspecified atom stereocenters. The van der Waals surface area contributed by atoms with Crippen LogP contribution < -0.4 is 0 Å². The van der Waals surface area contributed by atoms with Crippen LogP contribution in [0.2, 0.25) is 0 Å². The molecule has 22 heavy (non-hydrogen) atoms. The lowest BCUT2D eigenvalue weighted by molar-refractivity contribution is -0.135. The van der Waals surface area contributed by atoms with Crippen molar-refractivity contribution < 1.29 is 9.90 Å². The van der Waals surface area contributed by atoms with Gasteiger partial charge in [0.2, 0.25) is 5.91 Å².